The predicted octanol–water partition coefficient (Wildman–Crippen LogP) is 1.06. The van der Waals surface area contributed by atoms with E-state index in [0.717, 1.165) is 0 Å². The first kappa shape index (κ1) is 18.7. The zero-order valence-corrected chi connectivity index (χ0v) is 15.5. The van der Waals surface area contributed by atoms with Crippen molar-refractivity contribution < 1.29 is 23.9 Å². The Labute approximate surface area is 157 Å². The van der Waals surface area contributed by atoms with Crippen molar-refractivity contribution in [2.24, 2.45) is 11.0 Å². The van der Waals surface area contributed by atoms with Gasteiger partial charge in [0.15, 0.2) is 11.9 Å². The molecule has 27 heavy (non-hydrogen) atoms. The number of fused-ring (bicyclic) bond motifs is 1. The largest absolute Gasteiger partial charge is 0.466 e. The van der Waals surface area contributed by atoms with Crippen molar-refractivity contribution in [2.75, 3.05) is 26.8 Å². The third kappa shape index (κ3) is 3.32. The fourth-order valence-electron chi connectivity index (χ4n) is 3.23. The van der Waals surface area contributed by atoms with E-state index in [1.54, 1.807) is 13.8 Å². The zero-order chi connectivity index (χ0) is 19.6. The molecule has 0 aromatic heterocycles. The summed E-state index contributed by atoms with van der Waals surface area (Å²) in [5.74, 6) is -1.62. The number of amidine groups is 1. The Morgan fingerprint density at radius 3 is 2.37 bits per heavy atom. The van der Waals surface area contributed by atoms with E-state index in [1.165, 1.54) is 22.1 Å². The predicted molar refractivity (Wildman–Crippen MR) is 95.2 cm³/mol. The number of amides is 2. The van der Waals surface area contributed by atoms with Gasteiger partial charge in [0.05, 0.1) is 19.8 Å². The molecule has 1 aromatic carbocycles. The summed E-state index contributed by atoms with van der Waals surface area (Å²) in [5, 5.41) is 8.32. The first-order valence-corrected chi connectivity index (χ1v) is 8.81. The number of esters is 2. The van der Waals surface area contributed by atoms with Crippen LogP contribution in [0.5, 0.6) is 0 Å². The van der Waals surface area contributed by atoms with Crippen LogP contribution in [-0.4, -0.2) is 71.7 Å². The van der Waals surface area contributed by atoms with E-state index in [9.17, 15) is 14.4 Å². The molecule has 0 aliphatic carbocycles. The van der Waals surface area contributed by atoms with E-state index in [0.29, 0.717) is 11.4 Å². The Morgan fingerprint density at radius 2 is 1.74 bits per heavy atom. The van der Waals surface area contributed by atoms with Crippen LogP contribution in [0.1, 0.15) is 19.4 Å². The van der Waals surface area contributed by atoms with Crippen molar-refractivity contribution in [3.63, 3.8) is 0 Å². The molecule has 144 valence electrons. The van der Waals surface area contributed by atoms with Crippen molar-refractivity contribution in [3.8, 4) is 0 Å². The minimum absolute atomic E-state index is 0.0113. The van der Waals surface area contributed by atoms with Crippen LogP contribution in [0.3, 0.4) is 0 Å². The SMILES string of the molecule is CCOC(=O)[C@@H]1[C@H](C(=O)OCC)CN2C(=O)N(C)N=C(c3ccccc3)N12. The molecule has 0 saturated carbocycles. The van der Waals surface area contributed by atoms with Crippen molar-refractivity contribution in [1.29, 1.82) is 0 Å². The van der Waals surface area contributed by atoms with Gasteiger partial charge in [-0.3, -0.25) is 4.79 Å². The van der Waals surface area contributed by atoms with Gasteiger partial charge >= 0.3 is 18.0 Å². The third-order valence-electron chi connectivity index (χ3n) is 4.38. The number of carbonyl (C=O) groups excluding carboxylic acids is 3. The summed E-state index contributed by atoms with van der Waals surface area (Å²) < 4.78 is 10.3. The maximum atomic E-state index is 12.7. The number of ether oxygens (including phenoxy) is 2. The monoisotopic (exact) mass is 374 g/mol. The van der Waals surface area contributed by atoms with Crippen molar-refractivity contribution in [3.05, 3.63) is 35.9 Å². The standard InChI is InChI=1S/C18H22N4O5/c1-4-26-16(23)13-11-21-18(25)20(3)19-15(12-9-7-6-8-10-12)22(21)14(13)17(24)27-5-2/h6-10,13-14H,4-5,11H2,1-3H3/t13-,14+/m1/s1. The van der Waals surface area contributed by atoms with Gasteiger partial charge in [-0.15, -0.1) is 5.10 Å². The smallest absolute Gasteiger partial charge is 0.359 e. The van der Waals surface area contributed by atoms with E-state index >= 15 is 0 Å². The number of rotatable bonds is 5. The normalized spacial score (nSPS) is 21.7. The molecule has 1 fully saturated rings. The zero-order valence-electron chi connectivity index (χ0n) is 15.5. The molecule has 9 heteroatoms. The van der Waals surface area contributed by atoms with E-state index in [-0.39, 0.29) is 19.8 Å². The molecule has 0 spiro atoms. The number of hydrazine groups is 1. The fraction of sp³-hybridized carbons (Fsp3) is 0.444. The molecule has 2 amide bonds. The van der Waals surface area contributed by atoms with Gasteiger partial charge in [-0.05, 0) is 13.8 Å². The molecule has 1 saturated heterocycles. The van der Waals surface area contributed by atoms with E-state index < -0.39 is 29.9 Å². The quantitative estimate of drug-likeness (QED) is 0.716. The third-order valence-corrected chi connectivity index (χ3v) is 4.38. The van der Waals surface area contributed by atoms with Crippen LogP contribution in [0, 0.1) is 5.92 Å². The van der Waals surface area contributed by atoms with Crippen LogP contribution in [-0.2, 0) is 19.1 Å². The van der Waals surface area contributed by atoms with Crippen LogP contribution >= 0.6 is 0 Å². The highest BCUT2D eigenvalue weighted by Gasteiger charge is 2.54. The molecular formula is C18H22N4O5. The Hall–Kier alpha value is -3.10. The maximum absolute atomic E-state index is 12.7. The molecule has 1 aromatic rings. The van der Waals surface area contributed by atoms with Gasteiger partial charge in [0.1, 0.15) is 5.92 Å². The molecular weight excluding hydrogens is 352 g/mol. The summed E-state index contributed by atoms with van der Waals surface area (Å²) in [4.78, 5) is 37.8. The topological polar surface area (TPSA) is 91.8 Å². The molecule has 2 atom stereocenters. The van der Waals surface area contributed by atoms with Gasteiger partial charge in [-0.2, -0.15) is 0 Å². The lowest BCUT2D eigenvalue weighted by molar-refractivity contribution is -0.157. The molecule has 2 heterocycles. The highest BCUT2D eigenvalue weighted by molar-refractivity contribution is 6.05. The van der Waals surface area contributed by atoms with Crippen molar-refractivity contribution in [1.82, 2.24) is 15.0 Å². The Bertz CT molecular complexity index is 766. The lowest BCUT2D eigenvalue weighted by Gasteiger charge is -2.38. The first-order chi connectivity index (χ1) is 13.0. The van der Waals surface area contributed by atoms with Gasteiger partial charge in [0.2, 0.25) is 0 Å². The number of urea groups is 1. The van der Waals surface area contributed by atoms with Gasteiger partial charge in [0, 0.05) is 12.6 Å². The molecule has 0 unspecified atom stereocenters. The fourth-order valence-corrected chi connectivity index (χ4v) is 3.23. The van der Waals surface area contributed by atoms with Crippen LogP contribution in [0.4, 0.5) is 4.79 Å². The highest BCUT2D eigenvalue weighted by Crippen LogP contribution is 2.32. The Kier molecular flexibility index (Phi) is 5.29. The summed E-state index contributed by atoms with van der Waals surface area (Å²) in [6.45, 7) is 3.72. The summed E-state index contributed by atoms with van der Waals surface area (Å²) in [5.41, 5.74) is 0.709. The van der Waals surface area contributed by atoms with Crippen LogP contribution < -0.4 is 0 Å². The van der Waals surface area contributed by atoms with Gasteiger partial charge in [0.25, 0.3) is 0 Å². The molecule has 0 bridgehead atoms. The second kappa shape index (κ2) is 7.65. The van der Waals surface area contributed by atoms with Gasteiger partial charge < -0.3 is 9.47 Å². The van der Waals surface area contributed by atoms with E-state index in [4.69, 9.17) is 9.47 Å². The number of hydrogen-bond donors (Lipinski definition) is 0. The molecule has 2 aliphatic heterocycles. The molecule has 0 N–H and O–H groups in total. The minimum atomic E-state index is -1.03. The number of hydrogen-bond acceptors (Lipinski definition) is 7. The first-order valence-electron chi connectivity index (χ1n) is 8.81. The summed E-state index contributed by atoms with van der Waals surface area (Å²) in [6, 6.07) is 7.69. The maximum Gasteiger partial charge on any atom is 0.359 e. The molecule has 3 rings (SSSR count). The van der Waals surface area contributed by atoms with Crippen LogP contribution in [0.2, 0.25) is 0 Å². The van der Waals surface area contributed by atoms with E-state index in [2.05, 4.69) is 5.10 Å². The summed E-state index contributed by atoms with van der Waals surface area (Å²) >= 11 is 0. The van der Waals surface area contributed by atoms with Gasteiger partial charge in [-0.1, -0.05) is 30.3 Å². The minimum Gasteiger partial charge on any atom is -0.466 e. The van der Waals surface area contributed by atoms with Crippen LogP contribution in [0.15, 0.2) is 35.4 Å². The number of benzene rings is 1. The average molecular weight is 374 g/mol. The number of hydrazone groups is 1. The molecule has 0 radical (unpaired) electrons. The highest BCUT2D eigenvalue weighted by atomic mass is 16.5. The Balaban J connectivity index is 2.07. The van der Waals surface area contributed by atoms with Crippen LogP contribution in [0.25, 0.3) is 0 Å². The van der Waals surface area contributed by atoms with E-state index in [1.807, 2.05) is 30.3 Å². The van der Waals surface area contributed by atoms with Crippen molar-refractivity contribution >= 4 is 23.8 Å². The Morgan fingerprint density at radius 1 is 1.11 bits per heavy atom. The molecule has 9 nitrogen and oxygen atoms in total. The summed E-state index contributed by atoms with van der Waals surface area (Å²) in [6.07, 6.45) is 0. The lowest BCUT2D eigenvalue weighted by atomic mass is 10.0. The number of nitrogens with zero attached hydrogens (tertiary/aromatic N) is 4. The average Bonchev–Trinajstić information content (AvgIpc) is 3.07. The number of carbonyl (C=O) groups is 3. The van der Waals surface area contributed by atoms with Crippen molar-refractivity contribution in [2.45, 2.75) is 19.9 Å². The lowest BCUT2D eigenvalue weighted by Crippen LogP contribution is -2.57. The summed E-state index contributed by atoms with van der Waals surface area (Å²) in [7, 11) is 1.53. The second-order valence-electron chi connectivity index (χ2n) is 6.08. The molecule has 2 aliphatic rings. The van der Waals surface area contributed by atoms with Gasteiger partial charge in [-0.25, -0.2) is 24.6 Å². The second-order valence-corrected chi connectivity index (χ2v) is 6.08.